The van der Waals surface area contributed by atoms with Crippen LogP contribution in [0.4, 0.5) is 0 Å². The van der Waals surface area contributed by atoms with Gasteiger partial charge in [0, 0.05) is 24.5 Å². The van der Waals surface area contributed by atoms with E-state index in [1.54, 1.807) is 0 Å². The fraction of sp³-hybridized carbons (Fsp3) is 0.643. The number of hydrogen-bond acceptors (Lipinski definition) is 2. The predicted molar refractivity (Wildman–Crippen MR) is 65.0 cm³/mol. The van der Waals surface area contributed by atoms with Crippen molar-refractivity contribution >= 4 is 0 Å². The van der Waals surface area contributed by atoms with E-state index in [0.717, 1.165) is 17.9 Å². The van der Waals surface area contributed by atoms with Crippen molar-refractivity contribution in [2.75, 3.05) is 0 Å². The first kappa shape index (κ1) is 10.3. The Kier molecular flexibility index (Phi) is 2.68. The van der Waals surface area contributed by atoms with Gasteiger partial charge in [0.15, 0.2) is 0 Å². The van der Waals surface area contributed by atoms with Gasteiger partial charge in [0.25, 0.3) is 0 Å². The van der Waals surface area contributed by atoms with Crippen LogP contribution in [-0.4, -0.2) is 11.0 Å². The second kappa shape index (κ2) is 4.17. The molecule has 2 heteroatoms. The second-order valence-corrected chi connectivity index (χ2v) is 5.46. The molecule has 2 aliphatic carbocycles. The normalized spacial score (nSPS) is 34.2. The maximum absolute atomic E-state index is 4.19. The number of nitrogens with one attached hydrogen (secondary N) is 1. The van der Waals surface area contributed by atoms with E-state index in [1.807, 2.05) is 18.5 Å². The summed E-state index contributed by atoms with van der Waals surface area (Å²) in [6, 6.07) is 5.39. The standard InChI is InChI=1S/C14H20N2/c1-10(13-3-2-6-15-9-13)16-14-8-11-4-5-12(14)7-11/h2-3,6,9-12,14,16H,4-5,7-8H2,1H3. The third-order valence-corrected chi connectivity index (χ3v) is 4.39. The van der Waals surface area contributed by atoms with Crippen LogP contribution in [0.25, 0.3) is 0 Å². The first-order valence-corrected chi connectivity index (χ1v) is 6.49. The van der Waals surface area contributed by atoms with Crippen molar-refractivity contribution in [3.05, 3.63) is 30.1 Å². The van der Waals surface area contributed by atoms with Crippen molar-refractivity contribution in [1.82, 2.24) is 10.3 Å². The Balaban J connectivity index is 1.63. The zero-order chi connectivity index (χ0) is 11.0. The molecule has 0 spiro atoms. The molecule has 2 saturated carbocycles. The lowest BCUT2D eigenvalue weighted by Gasteiger charge is -2.26. The lowest BCUT2D eigenvalue weighted by Crippen LogP contribution is -2.35. The van der Waals surface area contributed by atoms with Gasteiger partial charge in [0.05, 0.1) is 0 Å². The molecule has 4 atom stereocenters. The third-order valence-electron chi connectivity index (χ3n) is 4.39. The van der Waals surface area contributed by atoms with Crippen LogP contribution in [0.5, 0.6) is 0 Å². The number of rotatable bonds is 3. The van der Waals surface area contributed by atoms with E-state index >= 15 is 0 Å². The molecule has 0 radical (unpaired) electrons. The van der Waals surface area contributed by atoms with E-state index in [9.17, 15) is 0 Å². The van der Waals surface area contributed by atoms with Gasteiger partial charge in [-0.1, -0.05) is 12.5 Å². The molecule has 0 aliphatic heterocycles. The number of aromatic nitrogens is 1. The monoisotopic (exact) mass is 216 g/mol. The van der Waals surface area contributed by atoms with E-state index in [2.05, 4.69) is 23.3 Å². The summed E-state index contributed by atoms with van der Waals surface area (Å²) in [5.41, 5.74) is 1.31. The first-order chi connectivity index (χ1) is 7.83. The van der Waals surface area contributed by atoms with Gasteiger partial charge in [-0.3, -0.25) is 4.98 Å². The summed E-state index contributed by atoms with van der Waals surface area (Å²) in [5.74, 6) is 1.97. The molecule has 3 rings (SSSR count). The van der Waals surface area contributed by atoms with Crippen LogP contribution in [0.3, 0.4) is 0 Å². The molecule has 1 aromatic rings. The lowest BCUT2D eigenvalue weighted by molar-refractivity contribution is 0.327. The van der Waals surface area contributed by atoms with Crippen molar-refractivity contribution in [1.29, 1.82) is 0 Å². The van der Waals surface area contributed by atoms with Crippen molar-refractivity contribution < 1.29 is 0 Å². The Hall–Kier alpha value is -0.890. The van der Waals surface area contributed by atoms with Gasteiger partial charge in [0.2, 0.25) is 0 Å². The molecule has 2 fully saturated rings. The summed E-state index contributed by atoms with van der Waals surface area (Å²) in [5, 5.41) is 3.79. The highest BCUT2D eigenvalue weighted by molar-refractivity contribution is 5.13. The fourth-order valence-electron chi connectivity index (χ4n) is 3.50. The molecule has 86 valence electrons. The minimum atomic E-state index is 0.443. The van der Waals surface area contributed by atoms with Gasteiger partial charge in [0.1, 0.15) is 0 Å². The molecular weight excluding hydrogens is 196 g/mol. The number of pyridine rings is 1. The molecule has 0 saturated heterocycles. The molecule has 2 bridgehead atoms. The highest BCUT2D eigenvalue weighted by Gasteiger charge is 2.39. The van der Waals surface area contributed by atoms with Crippen molar-refractivity contribution in [2.45, 2.75) is 44.7 Å². The van der Waals surface area contributed by atoms with Crippen LogP contribution in [0.1, 0.15) is 44.2 Å². The van der Waals surface area contributed by atoms with Gasteiger partial charge >= 0.3 is 0 Å². The molecule has 1 aromatic heterocycles. The molecule has 0 aromatic carbocycles. The van der Waals surface area contributed by atoms with Gasteiger partial charge in [-0.15, -0.1) is 0 Å². The highest BCUT2D eigenvalue weighted by atomic mass is 15.0. The summed E-state index contributed by atoms with van der Waals surface area (Å²) in [6.07, 6.45) is 9.61. The Morgan fingerprint density at radius 1 is 1.38 bits per heavy atom. The summed E-state index contributed by atoms with van der Waals surface area (Å²) in [7, 11) is 0. The average molecular weight is 216 g/mol. The van der Waals surface area contributed by atoms with Gasteiger partial charge in [-0.2, -0.15) is 0 Å². The Labute approximate surface area is 97.5 Å². The van der Waals surface area contributed by atoms with Crippen molar-refractivity contribution in [2.24, 2.45) is 11.8 Å². The molecule has 2 aliphatic rings. The molecule has 1 heterocycles. The first-order valence-electron chi connectivity index (χ1n) is 6.49. The Morgan fingerprint density at radius 2 is 2.31 bits per heavy atom. The lowest BCUT2D eigenvalue weighted by atomic mass is 9.94. The van der Waals surface area contributed by atoms with Crippen LogP contribution < -0.4 is 5.32 Å². The highest BCUT2D eigenvalue weighted by Crippen LogP contribution is 2.45. The average Bonchev–Trinajstić information content (AvgIpc) is 2.92. The summed E-state index contributed by atoms with van der Waals surface area (Å²) in [6.45, 7) is 2.25. The summed E-state index contributed by atoms with van der Waals surface area (Å²) in [4.78, 5) is 4.19. The number of fused-ring (bicyclic) bond motifs is 2. The van der Waals surface area contributed by atoms with Crippen molar-refractivity contribution in [3.8, 4) is 0 Å². The topological polar surface area (TPSA) is 24.9 Å². The van der Waals surface area contributed by atoms with Crippen LogP contribution in [0.2, 0.25) is 0 Å². The largest absolute Gasteiger partial charge is 0.307 e. The molecule has 0 amide bonds. The minimum absolute atomic E-state index is 0.443. The minimum Gasteiger partial charge on any atom is -0.307 e. The molecular formula is C14H20N2. The zero-order valence-electron chi connectivity index (χ0n) is 9.89. The van der Waals surface area contributed by atoms with Crippen molar-refractivity contribution in [3.63, 3.8) is 0 Å². The van der Waals surface area contributed by atoms with Crippen LogP contribution in [-0.2, 0) is 0 Å². The van der Waals surface area contributed by atoms with Gasteiger partial charge < -0.3 is 5.32 Å². The molecule has 16 heavy (non-hydrogen) atoms. The Morgan fingerprint density at radius 3 is 2.94 bits per heavy atom. The van der Waals surface area contributed by atoms with Crippen LogP contribution >= 0.6 is 0 Å². The third kappa shape index (κ3) is 1.86. The van der Waals surface area contributed by atoms with E-state index in [0.29, 0.717) is 6.04 Å². The molecule has 2 nitrogen and oxygen atoms in total. The number of nitrogens with zero attached hydrogens (tertiary/aromatic N) is 1. The van der Waals surface area contributed by atoms with E-state index in [1.165, 1.54) is 31.2 Å². The maximum Gasteiger partial charge on any atom is 0.0315 e. The maximum atomic E-state index is 4.19. The predicted octanol–water partition coefficient (Wildman–Crippen LogP) is 2.92. The number of hydrogen-bond donors (Lipinski definition) is 1. The SMILES string of the molecule is CC(NC1CC2CCC1C2)c1cccnc1. The summed E-state index contributed by atoms with van der Waals surface area (Å²) >= 11 is 0. The fourth-order valence-corrected chi connectivity index (χ4v) is 3.50. The zero-order valence-corrected chi connectivity index (χ0v) is 9.89. The second-order valence-electron chi connectivity index (χ2n) is 5.46. The van der Waals surface area contributed by atoms with Crippen LogP contribution in [0.15, 0.2) is 24.5 Å². The Bertz CT molecular complexity index is 349. The van der Waals surface area contributed by atoms with E-state index < -0.39 is 0 Å². The van der Waals surface area contributed by atoms with Gasteiger partial charge in [-0.05, 0) is 49.7 Å². The summed E-state index contributed by atoms with van der Waals surface area (Å²) < 4.78 is 0. The van der Waals surface area contributed by atoms with Crippen LogP contribution in [0, 0.1) is 11.8 Å². The molecule has 1 N–H and O–H groups in total. The van der Waals surface area contributed by atoms with Gasteiger partial charge in [-0.25, -0.2) is 0 Å². The smallest absolute Gasteiger partial charge is 0.0315 e. The quantitative estimate of drug-likeness (QED) is 0.840. The molecule has 4 unspecified atom stereocenters. The van der Waals surface area contributed by atoms with E-state index in [4.69, 9.17) is 0 Å². The van der Waals surface area contributed by atoms with E-state index in [-0.39, 0.29) is 0 Å².